The van der Waals surface area contributed by atoms with E-state index in [-0.39, 0.29) is 6.10 Å². The third-order valence-electron chi connectivity index (χ3n) is 2.95. The van der Waals surface area contributed by atoms with E-state index >= 15 is 0 Å². The number of hydrogen-bond donors (Lipinski definition) is 2. The van der Waals surface area contributed by atoms with E-state index in [9.17, 15) is 0 Å². The van der Waals surface area contributed by atoms with Crippen LogP contribution in [0.15, 0.2) is 0 Å². The highest BCUT2D eigenvalue weighted by atomic mass is 16.5. The van der Waals surface area contributed by atoms with E-state index < -0.39 is 0 Å². The number of anilines is 3. The van der Waals surface area contributed by atoms with E-state index in [0.717, 1.165) is 19.6 Å². The number of aromatic nitrogens is 3. The summed E-state index contributed by atoms with van der Waals surface area (Å²) in [6.07, 6.45) is 0.103. The lowest BCUT2D eigenvalue weighted by Gasteiger charge is -2.20. The summed E-state index contributed by atoms with van der Waals surface area (Å²) in [4.78, 5) is 15.3. The summed E-state index contributed by atoms with van der Waals surface area (Å²) in [5.41, 5.74) is 0. The zero-order valence-electron chi connectivity index (χ0n) is 13.1. The molecule has 1 unspecified atom stereocenters. The summed E-state index contributed by atoms with van der Waals surface area (Å²) in [6.45, 7) is 11.3. The van der Waals surface area contributed by atoms with Gasteiger partial charge in [-0.2, -0.15) is 15.0 Å². The van der Waals surface area contributed by atoms with Gasteiger partial charge in [0.1, 0.15) is 0 Å². The normalized spacial score (nSPS) is 12.1. The van der Waals surface area contributed by atoms with Gasteiger partial charge in [0.2, 0.25) is 17.8 Å². The van der Waals surface area contributed by atoms with Crippen LogP contribution in [-0.2, 0) is 4.74 Å². The number of hydrogen-bond acceptors (Lipinski definition) is 7. The molecule has 0 aromatic carbocycles. The molecule has 7 heteroatoms. The number of ether oxygens (including phenoxy) is 1. The maximum absolute atomic E-state index is 5.21. The predicted octanol–water partition coefficient (Wildman–Crippen LogP) is 1.60. The van der Waals surface area contributed by atoms with Crippen molar-refractivity contribution in [3.8, 4) is 0 Å². The minimum absolute atomic E-state index is 0.103. The van der Waals surface area contributed by atoms with Gasteiger partial charge < -0.3 is 20.3 Å². The summed E-state index contributed by atoms with van der Waals surface area (Å²) in [7, 11) is 1.69. The molecule has 0 spiro atoms. The van der Waals surface area contributed by atoms with E-state index in [1.54, 1.807) is 7.11 Å². The van der Waals surface area contributed by atoms with Crippen LogP contribution >= 0.6 is 0 Å². The molecule has 0 aliphatic carbocycles. The van der Waals surface area contributed by atoms with E-state index in [4.69, 9.17) is 4.74 Å². The van der Waals surface area contributed by atoms with Crippen molar-refractivity contribution in [1.82, 2.24) is 15.0 Å². The molecule has 0 saturated heterocycles. The molecule has 2 N–H and O–H groups in total. The number of nitrogens with one attached hydrogen (secondary N) is 2. The lowest BCUT2D eigenvalue weighted by molar-refractivity contribution is 0.128. The largest absolute Gasteiger partial charge is 0.380 e. The van der Waals surface area contributed by atoms with Gasteiger partial charge >= 0.3 is 0 Å². The molecule has 7 nitrogen and oxygen atoms in total. The average Bonchev–Trinajstić information content (AvgIpc) is 2.46. The van der Waals surface area contributed by atoms with Gasteiger partial charge in [0.25, 0.3) is 0 Å². The first-order chi connectivity index (χ1) is 9.64. The first-order valence-electron chi connectivity index (χ1n) is 7.16. The summed E-state index contributed by atoms with van der Waals surface area (Å²) < 4.78 is 5.21. The molecular formula is C13H26N6O. The van der Waals surface area contributed by atoms with Crippen molar-refractivity contribution < 1.29 is 4.74 Å². The van der Waals surface area contributed by atoms with Crippen LogP contribution in [0, 0.1) is 0 Å². The van der Waals surface area contributed by atoms with Gasteiger partial charge in [0.15, 0.2) is 0 Å². The predicted molar refractivity (Wildman–Crippen MR) is 82.5 cm³/mol. The zero-order chi connectivity index (χ0) is 15.0. The molecule has 0 aliphatic heterocycles. The highest BCUT2D eigenvalue weighted by molar-refractivity contribution is 5.43. The second-order valence-electron chi connectivity index (χ2n) is 4.41. The Hall–Kier alpha value is -1.63. The van der Waals surface area contributed by atoms with Crippen molar-refractivity contribution in [2.24, 2.45) is 0 Å². The Morgan fingerprint density at radius 1 is 1.05 bits per heavy atom. The van der Waals surface area contributed by atoms with Gasteiger partial charge in [0, 0.05) is 33.3 Å². The van der Waals surface area contributed by atoms with Crippen LogP contribution in [0.3, 0.4) is 0 Å². The standard InChI is InChI=1S/C13H26N6O/c1-6-14-11-16-12(15-9-10(4)20-5)18-13(17-11)19(7-2)8-3/h10H,6-9H2,1-5H3,(H2,14,15,16,17,18). The zero-order valence-corrected chi connectivity index (χ0v) is 13.1. The second kappa shape index (κ2) is 8.52. The smallest absolute Gasteiger partial charge is 0.231 e. The topological polar surface area (TPSA) is 75.2 Å². The lowest BCUT2D eigenvalue weighted by atomic mass is 10.4. The monoisotopic (exact) mass is 282 g/mol. The quantitative estimate of drug-likeness (QED) is 0.712. The third kappa shape index (κ3) is 4.80. The lowest BCUT2D eigenvalue weighted by Crippen LogP contribution is -2.26. The Morgan fingerprint density at radius 3 is 2.15 bits per heavy atom. The van der Waals surface area contributed by atoms with Crippen LogP contribution in [-0.4, -0.2) is 54.3 Å². The number of rotatable bonds is 9. The average molecular weight is 282 g/mol. The fourth-order valence-corrected chi connectivity index (χ4v) is 1.65. The third-order valence-corrected chi connectivity index (χ3v) is 2.95. The van der Waals surface area contributed by atoms with Crippen LogP contribution in [0.1, 0.15) is 27.7 Å². The molecule has 0 radical (unpaired) electrons. The maximum Gasteiger partial charge on any atom is 0.231 e. The molecule has 0 saturated carbocycles. The van der Waals surface area contributed by atoms with Crippen LogP contribution in [0.25, 0.3) is 0 Å². The van der Waals surface area contributed by atoms with E-state index in [1.807, 2.05) is 13.8 Å². The molecule has 0 fully saturated rings. The fourth-order valence-electron chi connectivity index (χ4n) is 1.65. The highest BCUT2D eigenvalue weighted by Crippen LogP contribution is 2.13. The molecule has 20 heavy (non-hydrogen) atoms. The molecule has 1 heterocycles. The minimum atomic E-state index is 0.103. The summed E-state index contributed by atoms with van der Waals surface area (Å²) >= 11 is 0. The Morgan fingerprint density at radius 2 is 1.65 bits per heavy atom. The van der Waals surface area contributed by atoms with Gasteiger partial charge in [-0.3, -0.25) is 0 Å². The second-order valence-corrected chi connectivity index (χ2v) is 4.41. The number of nitrogens with zero attached hydrogens (tertiary/aromatic N) is 4. The first-order valence-corrected chi connectivity index (χ1v) is 7.16. The summed E-state index contributed by atoms with van der Waals surface area (Å²) in [5.74, 6) is 1.85. The van der Waals surface area contributed by atoms with Crippen molar-refractivity contribution >= 4 is 17.8 Å². The molecule has 0 bridgehead atoms. The maximum atomic E-state index is 5.21. The van der Waals surface area contributed by atoms with Gasteiger partial charge in [-0.05, 0) is 27.7 Å². The van der Waals surface area contributed by atoms with Crippen LogP contribution in [0.4, 0.5) is 17.8 Å². The fraction of sp³-hybridized carbons (Fsp3) is 0.769. The SMILES string of the molecule is CCNc1nc(NCC(C)OC)nc(N(CC)CC)n1. The van der Waals surface area contributed by atoms with Crippen molar-refractivity contribution in [3.05, 3.63) is 0 Å². The van der Waals surface area contributed by atoms with Crippen molar-refractivity contribution in [3.63, 3.8) is 0 Å². The molecule has 0 aliphatic rings. The number of methoxy groups -OCH3 is 1. The van der Waals surface area contributed by atoms with E-state index in [2.05, 4.69) is 44.3 Å². The molecule has 1 aromatic heterocycles. The van der Waals surface area contributed by atoms with Gasteiger partial charge in [-0.15, -0.1) is 0 Å². The minimum Gasteiger partial charge on any atom is -0.380 e. The van der Waals surface area contributed by atoms with Crippen LogP contribution < -0.4 is 15.5 Å². The Labute approximate surface area is 121 Å². The molecule has 1 aromatic rings. The Balaban J connectivity index is 2.91. The highest BCUT2D eigenvalue weighted by Gasteiger charge is 2.11. The van der Waals surface area contributed by atoms with Gasteiger partial charge in [-0.25, -0.2) is 0 Å². The van der Waals surface area contributed by atoms with Crippen LogP contribution in [0.2, 0.25) is 0 Å². The van der Waals surface area contributed by atoms with Gasteiger partial charge in [0.05, 0.1) is 6.10 Å². The van der Waals surface area contributed by atoms with Crippen molar-refractivity contribution in [2.75, 3.05) is 48.8 Å². The van der Waals surface area contributed by atoms with Crippen LogP contribution in [0.5, 0.6) is 0 Å². The van der Waals surface area contributed by atoms with Gasteiger partial charge in [-0.1, -0.05) is 0 Å². The van der Waals surface area contributed by atoms with Crippen molar-refractivity contribution in [1.29, 1.82) is 0 Å². The molecule has 114 valence electrons. The van der Waals surface area contributed by atoms with Crippen molar-refractivity contribution in [2.45, 2.75) is 33.8 Å². The summed E-state index contributed by atoms with van der Waals surface area (Å²) in [6, 6.07) is 0. The Bertz CT molecular complexity index is 396. The molecular weight excluding hydrogens is 256 g/mol. The Kier molecular flexibility index (Phi) is 7.00. The first kappa shape index (κ1) is 16.4. The van der Waals surface area contributed by atoms with E-state index in [1.165, 1.54) is 0 Å². The van der Waals surface area contributed by atoms with E-state index in [0.29, 0.717) is 24.4 Å². The molecule has 1 atom stereocenters. The summed E-state index contributed by atoms with van der Waals surface area (Å²) in [5, 5.41) is 6.32. The molecule has 1 rings (SSSR count). The molecule has 0 amide bonds.